The van der Waals surface area contributed by atoms with Crippen molar-refractivity contribution in [1.29, 1.82) is 0 Å². The lowest BCUT2D eigenvalue weighted by molar-refractivity contribution is -0.131. The van der Waals surface area contributed by atoms with E-state index in [0.29, 0.717) is 11.8 Å². The molecule has 1 N–H and O–H groups in total. The third kappa shape index (κ3) is 1.97. The van der Waals surface area contributed by atoms with Crippen molar-refractivity contribution in [3.05, 3.63) is 0 Å². The lowest BCUT2D eigenvalue weighted by Crippen LogP contribution is -2.41. The molecular weight excluding hydrogens is 216 g/mol. The van der Waals surface area contributed by atoms with E-state index in [0.717, 1.165) is 51.9 Å². The highest BCUT2D eigenvalue weighted by Gasteiger charge is 2.58. The number of carbonyl (C=O) groups is 1. The maximum atomic E-state index is 12.4. The Kier molecular flexibility index (Phi) is 2.87. The maximum absolute atomic E-state index is 12.4. The highest BCUT2D eigenvalue weighted by atomic mass is 16.5. The topological polar surface area (TPSA) is 41.6 Å². The molecule has 0 aromatic carbocycles. The van der Waals surface area contributed by atoms with Crippen molar-refractivity contribution in [3.63, 3.8) is 0 Å². The van der Waals surface area contributed by atoms with Crippen molar-refractivity contribution in [2.24, 2.45) is 5.92 Å². The third-order valence-electron chi connectivity index (χ3n) is 4.42. The quantitative estimate of drug-likeness (QED) is 0.801. The largest absolute Gasteiger partial charge is 0.381 e. The van der Waals surface area contributed by atoms with Crippen LogP contribution in [0.1, 0.15) is 39.0 Å². The summed E-state index contributed by atoms with van der Waals surface area (Å²) >= 11 is 0. The van der Waals surface area contributed by atoms with Crippen molar-refractivity contribution in [2.75, 3.05) is 19.8 Å². The van der Waals surface area contributed by atoms with Gasteiger partial charge in [0.25, 0.3) is 0 Å². The van der Waals surface area contributed by atoms with Crippen molar-refractivity contribution in [2.45, 2.75) is 50.7 Å². The number of amides is 1. The van der Waals surface area contributed by atoms with Crippen LogP contribution in [0.15, 0.2) is 0 Å². The zero-order valence-electron chi connectivity index (χ0n) is 10.6. The molecule has 2 heterocycles. The average Bonchev–Trinajstić information content (AvgIpc) is 3.10. The fourth-order valence-electron chi connectivity index (χ4n) is 3.10. The van der Waals surface area contributed by atoms with E-state index < -0.39 is 0 Å². The minimum absolute atomic E-state index is 0.147. The zero-order valence-corrected chi connectivity index (χ0v) is 10.6. The van der Waals surface area contributed by atoms with Gasteiger partial charge in [-0.3, -0.25) is 10.1 Å². The summed E-state index contributed by atoms with van der Waals surface area (Å²) in [6, 6.07) is 0. The molecule has 1 saturated carbocycles. The van der Waals surface area contributed by atoms with E-state index in [1.54, 1.807) is 0 Å². The van der Waals surface area contributed by atoms with Crippen LogP contribution in [0.4, 0.5) is 0 Å². The monoisotopic (exact) mass is 238 g/mol. The van der Waals surface area contributed by atoms with Gasteiger partial charge in [-0.1, -0.05) is 6.92 Å². The van der Waals surface area contributed by atoms with Crippen LogP contribution in [0.3, 0.4) is 0 Å². The second-order valence-electron chi connectivity index (χ2n) is 5.66. The fourth-order valence-corrected chi connectivity index (χ4v) is 3.10. The summed E-state index contributed by atoms with van der Waals surface area (Å²) in [5.74, 6) is 0.994. The first-order valence-electron chi connectivity index (χ1n) is 6.92. The van der Waals surface area contributed by atoms with Gasteiger partial charge in [-0.05, 0) is 38.0 Å². The Morgan fingerprint density at radius 3 is 2.71 bits per heavy atom. The maximum Gasteiger partial charge on any atom is 0.244 e. The Labute approximate surface area is 103 Å². The molecule has 3 fully saturated rings. The summed E-state index contributed by atoms with van der Waals surface area (Å²) in [5, 5.41) is 3.53. The van der Waals surface area contributed by atoms with Crippen LogP contribution in [0.25, 0.3) is 0 Å². The fraction of sp³-hybridized carbons (Fsp3) is 0.923. The predicted molar refractivity (Wildman–Crippen MR) is 64.4 cm³/mol. The molecule has 2 aliphatic heterocycles. The number of nitrogens with one attached hydrogen (secondary N) is 1. The average molecular weight is 238 g/mol. The molecule has 0 aromatic rings. The van der Waals surface area contributed by atoms with E-state index in [1.807, 2.05) is 0 Å². The summed E-state index contributed by atoms with van der Waals surface area (Å²) in [4.78, 5) is 14.5. The molecule has 1 aliphatic carbocycles. The summed E-state index contributed by atoms with van der Waals surface area (Å²) in [6.07, 6.45) is 5.56. The number of ether oxygens (including phenoxy) is 1. The van der Waals surface area contributed by atoms with Crippen LogP contribution < -0.4 is 5.32 Å². The van der Waals surface area contributed by atoms with Gasteiger partial charge in [0.1, 0.15) is 0 Å². The first-order chi connectivity index (χ1) is 8.25. The van der Waals surface area contributed by atoms with E-state index >= 15 is 0 Å². The molecule has 1 atom stereocenters. The SMILES string of the molecule is CCC1NC2(CC2)C(=O)N1CC1CCOCC1. The zero-order chi connectivity index (χ0) is 11.9. The van der Waals surface area contributed by atoms with Crippen LogP contribution in [-0.4, -0.2) is 42.3 Å². The van der Waals surface area contributed by atoms with Gasteiger partial charge in [0.05, 0.1) is 11.7 Å². The second kappa shape index (κ2) is 4.25. The molecule has 1 unspecified atom stereocenters. The Morgan fingerprint density at radius 2 is 2.12 bits per heavy atom. The van der Waals surface area contributed by atoms with Gasteiger partial charge < -0.3 is 9.64 Å². The van der Waals surface area contributed by atoms with E-state index in [9.17, 15) is 4.79 Å². The van der Waals surface area contributed by atoms with Crippen molar-refractivity contribution in [1.82, 2.24) is 10.2 Å². The molecule has 4 nitrogen and oxygen atoms in total. The molecule has 0 bridgehead atoms. The Balaban J connectivity index is 1.65. The molecule has 0 aromatic heterocycles. The Morgan fingerprint density at radius 1 is 1.41 bits per heavy atom. The molecule has 1 amide bonds. The van der Waals surface area contributed by atoms with Crippen LogP contribution in [0, 0.1) is 5.92 Å². The van der Waals surface area contributed by atoms with Crippen LogP contribution in [0.2, 0.25) is 0 Å². The van der Waals surface area contributed by atoms with Crippen molar-refractivity contribution < 1.29 is 9.53 Å². The van der Waals surface area contributed by atoms with Gasteiger partial charge in [0, 0.05) is 19.8 Å². The Bertz CT molecular complexity index is 309. The van der Waals surface area contributed by atoms with Gasteiger partial charge in [0.2, 0.25) is 5.91 Å². The number of hydrogen-bond acceptors (Lipinski definition) is 3. The second-order valence-corrected chi connectivity index (χ2v) is 5.66. The van der Waals surface area contributed by atoms with E-state index in [2.05, 4.69) is 17.1 Å². The van der Waals surface area contributed by atoms with Gasteiger partial charge in [0.15, 0.2) is 0 Å². The first kappa shape index (κ1) is 11.5. The molecule has 3 aliphatic rings. The van der Waals surface area contributed by atoms with Gasteiger partial charge in [-0.25, -0.2) is 0 Å². The van der Waals surface area contributed by atoms with E-state index in [4.69, 9.17) is 4.74 Å². The summed E-state index contributed by atoms with van der Waals surface area (Å²) in [5.41, 5.74) is -0.147. The number of carbonyl (C=O) groups excluding carboxylic acids is 1. The van der Waals surface area contributed by atoms with E-state index in [1.165, 1.54) is 0 Å². The highest BCUT2D eigenvalue weighted by Crippen LogP contribution is 2.43. The molecular formula is C13H22N2O2. The smallest absolute Gasteiger partial charge is 0.244 e. The molecule has 2 saturated heterocycles. The molecule has 3 rings (SSSR count). The van der Waals surface area contributed by atoms with Gasteiger partial charge in [-0.2, -0.15) is 0 Å². The molecule has 1 spiro atoms. The van der Waals surface area contributed by atoms with E-state index in [-0.39, 0.29) is 11.7 Å². The van der Waals surface area contributed by atoms with Crippen LogP contribution in [0.5, 0.6) is 0 Å². The van der Waals surface area contributed by atoms with Gasteiger partial charge in [-0.15, -0.1) is 0 Å². The summed E-state index contributed by atoms with van der Waals surface area (Å²) < 4.78 is 5.38. The lowest BCUT2D eigenvalue weighted by atomic mass is 9.99. The highest BCUT2D eigenvalue weighted by molar-refractivity contribution is 5.91. The normalized spacial score (nSPS) is 32.4. The lowest BCUT2D eigenvalue weighted by Gasteiger charge is -2.30. The van der Waals surface area contributed by atoms with Gasteiger partial charge >= 0.3 is 0 Å². The number of nitrogens with zero attached hydrogens (tertiary/aromatic N) is 1. The number of rotatable bonds is 3. The minimum Gasteiger partial charge on any atom is -0.381 e. The number of hydrogen-bond donors (Lipinski definition) is 1. The first-order valence-corrected chi connectivity index (χ1v) is 6.92. The predicted octanol–water partition coefficient (Wildman–Crippen LogP) is 1.11. The standard InChI is InChI=1S/C13H22N2O2/c1-2-11-14-13(5-6-13)12(16)15(11)9-10-3-7-17-8-4-10/h10-11,14H,2-9H2,1H3. The molecule has 96 valence electrons. The third-order valence-corrected chi connectivity index (χ3v) is 4.42. The van der Waals surface area contributed by atoms with Crippen LogP contribution >= 0.6 is 0 Å². The summed E-state index contributed by atoms with van der Waals surface area (Å²) in [7, 11) is 0. The van der Waals surface area contributed by atoms with Crippen LogP contribution in [-0.2, 0) is 9.53 Å². The van der Waals surface area contributed by atoms with Crippen molar-refractivity contribution >= 4 is 5.91 Å². The minimum atomic E-state index is -0.147. The summed E-state index contributed by atoms with van der Waals surface area (Å²) in [6.45, 7) is 4.81. The molecule has 0 radical (unpaired) electrons. The Hall–Kier alpha value is -0.610. The van der Waals surface area contributed by atoms with Crippen molar-refractivity contribution in [3.8, 4) is 0 Å². The molecule has 4 heteroatoms. The molecule has 17 heavy (non-hydrogen) atoms.